The number of hydrogen-bond donors (Lipinski definition) is 1. The van der Waals surface area contributed by atoms with E-state index in [-0.39, 0.29) is 11.8 Å². The zero-order chi connectivity index (χ0) is 13.6. The summed E-state index contributed by atoms with van der Waals surface area (Å²) in [6.45, 7) is 2.86. The van der Waals surface area contributed by atoms with E-state index in [1.165, 1.54) is 11.8 Å². The molecule has 0 amide bonds. The lowest BCUT2D eigenvalue weighted by molar-refractivity contribution is 0.506. The molecular formula is C13H20ClNO2S. The summed E-state index contributed by atoms with van der Waals surface area (Å²) in [4.78, 5) is 0. The SMILES string of the molecule is CCNC(CCS(C)(=O)=O)Cc1ccc(Cl)cc1. The fourth-order valence-electron chi connectivity index (χ4n) is 1.83. The number of likely N-dealkylation sites (N-methyl/N-ethyl adjacent to an activating group) is 1. The lowest BCUT2D eigenvalue weighted by atomic mass is 10.0. The number of rotatable bonds is 7. The standard InChI is InChI=1S/C13H20ClNO2S/c1-3-15-13(8-9-18(2,16)17)10-11-4-6-12(14)7-5-11/h4-7,13,15H,3,8-10H2,1-2H3. The van der Waals surface area contributed by atoms with Crippen LogP contribution in [0.15, 0.2) is 24.3 Å². The smallest absolute Gasteiger partial charge is 0.147 e. The third-order valence-electron chi connectivity index (χ3n) is 2.73. The Hall–Kier alpha value is -0.580. The van der Waals surface area contributed by atoms with Gasteiger partial charge in [-0.3, -0.25) is 0 Å². The average Bonchev–Trinajstić information content (AvgIpc) is 2.28. The molecule has 0 aliphatic heterocycles. The van der Waals surface area contributed by atoms with Crippen molar-refractivity contribution in [3.05, 3.63) is 34.9 Å². The first-order valence-electron chi connectivity index (χ1n) is 6.06. The van der Waals surface area contributed by atoms with E-state index in [1.54, 1.807) is 0 Å². The van der Waals surface area contributed by atoms with Crippen molar-refractivity contribution in [2.75, 3.05) is 18.6 Å². The highest BCUT2D eigenvalue weighted by molar-refractivity contribution is 7.90. The Balaban J connectivity index is 2.59. The van der Waals surface area contributed by atoms with E-state index in [9.17, 15) is 8.42 Å². The first kappa shape index (κ1) is 15.5. The van der Waals surface area contributed by atoms with E-state index >= 15 is 0 Å². The van der Waals surface area contributed by atoms with Crippen LogP contribution in [-0.4, -0.2) is 33.0 Å². The first-order chi connectivity index (χ1) is 8.40. The number of benzene rings is 1. The summed E-state index contributed by atoms with van der Waals surface area (Å²) >= 11 is 5.84. The zero-order valence-corrected chi connectivity index (χ0v) is 12.4. The van der Waals surface area contributed by atoms with Gasteiger partial charge < -0.3 is 5.32 Å². The lowest BCUT2D eigenvalue weighted by Gasteiger charge is -2.17. The van der Waals surface area contributed by atoms with Crippen LogP contribution in [-0.2, 0) is 16.3 Å². The number of sulfone groups is 1. The van der Waals surface area contributed by atoms with Gasteiger partial charge in [0.2, 0.25) is 0 Å². The Labute approximate surface area is 114 Å². The van der Waals surface area contributed by atoms with Crippen molar-refractivity contribution >= 4 is 21.4 Å². The number of nitrogens with one attached hydrogen (secondary N) is 1. The summed E-state index contributed by atoms with van der Waals surface area (Å²) in [5.74, 6) is 0.220. The van der Waals surface area contributed by atoms with Gasteiger partial charge in [-0.05, 0) is 37.1 Å². The van der Waals surface area contributed by atoms with Gasteiger partial charge in [0, 0.05) is 17.3 Å². The van der Waals surface area contributed by atoms with Crippen LogP contribution in [0.3, 0.4) is 0 Å². The molecule has 0 fully saturated rings. The highest BCUT2D eigenvalue weighted by Crippen LogP contribution is 2.12. The number of halogens is 1. The molecule has 0 spiro atoms. The Morgan fingerprint density at radius 2 is 1.89 bits per heavy atom. The van der Waals surface area contributed by atoms with E-state index in [0.717, 1.165) is 18.0 Å². The van der Waals surface area contributed by atoms with Crippen LogP contribution in [0.4, 0.5) is 0 Å². The van der Waals surface area contributed by atoms with Gasteiger partial charge in [0.15, 0.2) is 0 Å². The summed E-state index contributed by atoms with van der Waals surface area (Å²) < 4.78 is 22.4. The monoisotopic (exact) mass is 289 g/mol. The molecule has 5 heteroatoms. The van der Waals surface area contributed by atoms with Crippen LogP contribution in [0.25, 0.3) is 0 Å². The molecule has 0 heterocycles. The molecule has 1 atom stereocenters. The van der Waals surface area contributed by atoms with E-state index in [1.807, 2.05) is 31.2 Å². The van der Waals surface area contributed by atoms with E-state index in [2.05, 4.69) is 5.32 Å². The summed E-state index contributed by atoms with van der Waals surface area (Å²) in [6, 6.07) is 7.86. The minimum Gasteiger partial charge on any atom is -0.314 e. The molecule has 0 bridgehead atoms. The highest BCUT2D eigenvalue weighted by atomic mass is 35.5. The minimum atomic E-state index is -2.90. The van der Waals surface area contributed by atoms with Gasteiger partial charge in [-0.2, -0.15) is 0 Å². The Kier molecular flexibility index (Phi) is 6.12. The maximum Gasteiger partial charge on any atom is 0.147 e. The average molecular weight is 290 g/mol. The van der Waals surface area contributed by atoms with E-state index < -0.39 is 9.84 Å². The second-order valence-electron chi connectivity index (χ2n) is 4.50. The molecule has 18 heavy (non-hydrogen) atoms. The van der Waals surface area contributed by atoms with Crippen LogP contribution >= 0.6 is 11.6 Å². The number of hydrogen-bond acceptors (Lipinski definition) is 3. The van der Waals surface area contributed by atoms with Gasteiger partial charge in [-0.1, -0.05) is 30.7 Å². The van der Waals surface area contributed by atoms with Crippen LogP contribution in [0.1, 0.15) is 18.9 Å². The molecule has 1 unspecified atom stereocenters. The molecule has 0 saturated heterocycles. The molecule has 1 aromatic carbocycles. The fourth-order valence-corrected chi connectivity index (χ4v) is 2.66. The lowest BCUT2D eigenvalue weighted by Crippen LogP contribution is -2.32. The predicted octanol–water partition coefficient (Wildman–Crippen LogP) is 2.30. The van der Waals surface area contributed by atoms with Crippen molar-refractivity contribution in [1.82, 2.24) is 5.32 Å². The Bertz CT molecular complexity index is 456. The van der Waals surface area contributed by atoms with Crippen molar-refractivity contribution in [3.63, 3.8) is 0 Å². The minimum absolute atomic E-state index is 0.186. The first-order valence-corrected chi connectivity index (χ1v) is 8.50. The molecule has 0 saturated carbocycles. The predicted molar refractivity (Wildman–Crippen MR) is 76.9 cm³/mol. The molecule has 1 rings (SSSR count). The third-order valence-corrected chi connectivity index (χ3v) is 3.95. The van der Waals surface area contributed by atoms with Crippen molar-refractivity contribution in [2.24, 2.45) is 0 Å². The van der Waals surface area contributed by atoms with Crippen molar-refractivity contribution < 1.29 is 8.42 Å². The van der Waals surface area contributed by atoms with Gasteiger partial charge in [0.05, 0.1) is 5.75 Å². The molecule has 3 nitrogen and oxygen atoms in total. The molecule has 0 aromatic heterocycles. The summed E-state index contributed by atoms with van der Waals surface area (Å²) in [5.41, 5.74) is 1.17. The summed E-state index contributed by atoms with van der Waals surface area (Å²) in [5, 5.41) is 4.04. The van der Waals surface area contributed by atoms with Gasteiger partial charge in [-0.25, -0.2) is 8.42 Å². The normalized spacial score (nSPS) is 13.5. The van der Waals surface area contributed by atoms with Crippen molar-refractivity contribution in [1.29, 1.82) is 0 Å². The Morgan fingerprint density at radius 1 is 1.28 bits per heavy atom. The molecular weight excluding hydrogens is 270 g/mol. The fraction of sp³-hybridized carbons (Fsp3) is 0.538. The third kappa shape index (κ3) is 6.38. The molecule has 0 aliphatic rings. The summed E-state index contributed by atoms with van der Waals surface area (Å²) in [6.07, 6.45) is 2.73. The molecule has 0 radical (unpaired) electrons. The second-order valence-corrected chi connectivity index (χ2v) is 7.20. The largest absolute Gasteiger partial charge is 0.314 e. The van der Waals surface area contributed by atoms with Crippen LogP contribution in [0, 0.1) is 0 Å². The second kappa shape index (κ2) is 7.12. The van der Waals surface area contributed by atoms with Gasteiger partial charge in [-0.15, -0.1) is 0 Å². The van der Waals surface area contributed by atoms with Crippen molar-refractivity contribution in [3.8, 4) is 0 Å². The van der Waals surface area contributed by atoms with Crippen LogP contribution in [0.5, 0.6) is 0 Å². The van der Waals surface area contributed by atoms with Gasteiger partial charge in [0.25, 0.3) is 0 Å². The molecule has 1 aromatic rings. The van der Waals surface area contributed by atoms with E-state index in [4.69, 9.17) is 11.6 Å². The molecule has 1 N–H and O–H groups in total. The van der Waals surface area contributed by atoms with Gasteiger partial charge in [0.1, 0.15) is 9.84 Å². The van der Waals surface area contributed by atoms with E-state index in [0.29, 0.717) is 6.42 Å². The molecule has 102 valence electrons. The molecule has 0 aliphatic carbocycles. The Morgan fingerprint density at radius 3 is 2.39 bits per heavy atom. The quantitative estimate of drug-likeness (QED) is 0.838. The highest BCUT2D eigenvalue weighted by Gasteiger charge is 2.12. The maximum atomic E-state index is 11.2. The van der Waals surface area contributed by atoms with Crippen LogP contribution in [0.2, 0.25) is 5.02 Å². The topological polar surface area (TPSA) is 46.2 Å². The van der Waals surface area contributed by atoms with Gasteiger partial charge >= 0.3 is 0 Å². The zero-order valence-electron chi connectivity index (χ0n) is 10.8. The van der Waals surface area contributed by atoms with Crippen molar-refractivity contribution in [2.45, 2.75) is 25.8 Å². The maximum absolute atomic E-state index is 11.2. The summed E-state index contributed by atoms with van der Waals surface area (Å²) in [7, 11) is -2.90. The van der Waals surface area contributed by atoms with Crippen LogP contribution < -0.4 is 5.32 Å².